The fourth-order valence-electron chi connectivity index (χ4n) is 2.97. The molecule has 1 aliphatic heterocycles. The van der Waals surface area contributed by atoms with Gasteiger partial charge in [0.05, 0.1) is 0 Å². The molecule has 2 heterocycles. The van der Waals surface area contributed by atoms with Crippen molar-refractivity contribution in [1.29, 1.82) is 0 Å². The van der Waals surface area contributed by atoms with Crippen LogP contribution in [-0.4, -0.2) is 51.0 Å². The number of hydrogen-bond acceptors (Lipinski definition) is 6. The molecule has 0 unspecified atom stereocenters. The van der Waals surface area contributed by atoms with Crippen molar-refractivity contribution in [1.82, 2.24) is 15.2 Å². The molecule has 0 spiro atoms. The largest absolute Gasteiger partial charge is 0.511 e. The smallest absolute Gasteiger partial charge is 0.322 e. The zero-order valence-electron chi connectivity index (χ0n) is 15.5. The minimum absolute atomic E-state index is 0.122. The van der Waals surface area contributed by atoms with E-state index in [-0.39, 0.29) is 25.3 Å². The summed E-state index contributed by atoms with van der Waals surface area (Å²) >= 11 is 0. The molecular weight excluding hydrogens is 376 g/mol. The van der Waals surface area contributed by atoms with Crippen molar-refractivity contribution in [3.05, 3.63) is 59.5 Å². The van der Waals surface area contributed by atoms with Crippen LogP contribution in [0.5, 0.6) is 0 Å². The quantitative estimate of drug-likeness (QED) is 0.534. The molecule has 0 saturated carbocycles. The van der Waals surface area contributed by atoms with Crippen LogP contribution in [0.2, 0.25) is 0 Å². The second-order valence-corrected chi connectivity index (χ2v) is 6.54. The molecule has 3 rings (SSSR count). The predicted molar refractivity (Wildman–Crippen MR) is 104 cm³/mol. The molecule has 1 aliphatic rings. The number of nitrogens with one attached hydrogen (secondary N) is 1. The highest BCUT2D eigenvalue weighted by Gasteiger charge is 2.32. The molecule has 1 aromatic heterocycles. The first-order chi connectivity index (χ1) is 13.8. The van der Waals surface area contributed by atoms with Gasteiger partial charge in [0.2, 0.25) is 0 Å². The van der Waals surface area contributed by atoms with Gasteiger partial charge in [0.15, 0.2) is 0 Å². The number of aromatic nitrogens is 1. The highest BCUT2D eigenvalue weighted by molar-refractivity contribution is 6.19. The zero-order valence-corrected chi connectivity index (χ0v) is 15.5. The second-order valence-electron chi connectivity index (χ2n) is 6.54. The fourth-order valence-corrected chi connectivity index (χ4v) is 2.97. The molecule has 1 aromatic carbocycles. The van der Waals surface area contributed by atoms with Gasteiger partial charge in [0.1, 0.15) is 23.7 Å². The summed E-state index contributed by atoms with van der Waals surface area (Å²) in [4.78, 5) is 40.8. The summed E-state index contributed by atoms with van der Waals surface area (Å²) in [6.45, 7) is -0.129. The van der Waals surface area contributed by atoms with E-state index in [4.69, 9.17) is 10.8 Å². The molecule has 9 heteroatoms. The number of amides is 2. The van der Waals surface area contributed by atoms with Crippen molar-refractivity contribution in [3.63, 3.8) is 0 Å². The number of hydrogen-bond donors (Lipinski definition) is 4. The molecule has 0 aliphatic carbocycles. The normalized spacial score (nSPS) is 14.1. The number of pyridine rings is 1. The number of nitrogens with zero attached hydrogens (tertiary/aromatic N) is 2. The maximum absolute atomic E-state index is 12.6. The van der Waals surface area contributed by atoms with Gasteiger partial charge in [-0.2, -0.15) is 0 Å². The average molecular weight is 396 g/mol. The Kier molecular flexibility index (Phi) is 5.77. The van der Waals surface area contributed by atoms with Crippen molar-refractivity contribution in [2.24, 2.45) is 0 Å². The molecule has 0 atom stereocenters. The molecule has 2 amide bonds. The fraction of sp³-hybridized carbons (Fsp3) is 0.200. The van der Waals surface area contributed by atoms with Gasteiger partial charge in [-0.15, -0.1) is 0 Å². The Bertz CT molecular complexity index is 967. The molecule has 0 bridgehead atoms. The van der Waals surface area contributed by atoms with Crippen LogP contribution in [0.1, 0.15) is 12.0 Å². The summed E-state index contributed by atoms with van der Waals surface area (Å²) < 4.78 is 0. The van der Waals surface area contributed by atoms with E-state index in [2.05, 4.69) is 10.3 Å². The monoisotopic (exact) mass is 396 g/mol. The van der Waals surface area contributed by atoms with E-state index in [1.54, 1.807) is 12.3 Å². The number of nitrogen functional groups attached to an aromatic ring is 1. The summed E-state index contributed by atoms with van der Waals surface area (Å²) in [5, 5.41) is 20.7. The number of aliphatic hydroxyl groups excluding tert-OH is 1. The van der Waals surface area contributed by atoms with E-state index in [9.17, 15) is 19.5 Å². The van der Waals surface area contributed by atoms with Crippen LogP contribution in [0.4, 0.5) is 5.82 Å². The lowest BCUT2D eigenvalue weighted by Gasteiger charge is -2.28. The third kappa shape index (κ3) is 4.70. The Labute approximate surface area is 166 Å². The molecule has 0 fully saturated rings. The van der Waals surface area contributed by atoms with Crippen molar-refractivity contribution >= 4 is 23.6 Å². The van der Waals surface area contributed by atoms with Crippen LogP contribution in [0.3, 0.4) is 0 Å². The first kappa shape index (κ1) is 19.9. The summed E-state index contributed by atoms with van der Waals surface area (Å²) in [6.07, 6.45) is 1.80. The minimum atomic E-state index is -1.24. The van der Waals surface area contributed by atoms with Gasteiger partial charge >= 0.3 is 5.97 Å². The number of nitrogens with two attached hydrogens (primary N) is 1. The topological polar surface area (TPSA) is 146 Å². The van der Waals surface area contributed by atoms with Crippen LogP contribution in [0, 0.1) is 0 Å². The number of carbonyl (C=O) groups excluding carboxylic acids is 2. The molecule has 5 N–H and O–H groups in total. The predicted octanol–water partition coefficient (Wildman–Crippen LogP) is 1.08. The number of anilines is 1. The lowest BCUT2D eigenvalue weighted by molar-refractivity contribution is -0.138. The summed E-state index contributed by atoms with van der Waals surface area (Å²) in [7, 11) is 0. The third-order valence-electron chi connectivity index (χ3n) is 4.48. The highest BCUT2D eigenvalue weighted by Crippen LogP contribution is 2.23. The second kappa shape index (κ2) is 8.42. The maximum atomic E-state index is 12.6. The molecule has 29 heavy (non-hydrogen) atoms. The molecule has 0 saturated heterocycles. The van der Waals surface area contributed by atoms with Gasteiger partial charge in [-0.1, -0.05) is 24.3 Å². The number of aliphatic carboxylic acids is 1. The Morgan fingerprint density at radius 2 is 1.83 bits per heavy atom. The summed E-state index contributed by atoms with van der Waals surface area (Å²) in [5.74, 6) is -2.67. The molecule has 2 aromatic rings. The average Bonchev–Trinajstić information content (AvgIpc) is 2.70. The number of benzene rings is 1. The van der Waals surface area contributed by atoms with E-state index in [1.165, 1.54) is 4.90 Å². The van der Waals surface area contributed by atoms with Crippen LogP contribution < -0.4 is 11.1 Å². The van der Waals surface area contributed by atoms with E-state index < -0.39 is 29.9 Å². The van der Waals surface area contributed by atoms with Gasteiger partial charge < -0.3 is 26.2 Å². The molecule has 150 valence electrons. The first-order valence-electron chi connectivity index (χ1n) is 8.87. The standard InChI is InChI=1S/C20H20N4O5/c21-16-6-5-14(9-22-16)13-3-1-12(2-4-13)11-24-8-7-15(25)18(20(24)29)19(28)23-10-17(26)27/h1-6,9,25H,7-8,10-11H2,(H2,21,22)(H,23,28)(H,26,27). The zero-order chi connectivity index (χ0) is 21.0. The lowest BCUT2D eigenvalue weighted by Crippen LogP contribution is -2.43. The minimum Gasteiger partial charge on any atom is -0.511 e. The molecular formula is C20H20N4O5. The summed E-state index contributed by atoms with van der Waals surface area (Å²) in [6, 6.07) is 11.1. The Morgan fingerprint density at radius 3 is 2.45 bits per heavy atom. The van der Waals surface area contributed by atoms with Gasteiger partial charge in [-0.3, -0.25) is 14.4 Å². The van der Waals surface area contributed by atoms with Gasteiger partial charge in [-0.25, -0.2) is 4.98 Å². The van der Waals surface area contributed by atoms with Gasteiger partial charge in [-0.05, 0) is 23.3 Å². The van der Waals surface area contributed by atoms with E-state index in [0.717, 1.165) is 16.7 Å². The number of rotatable bonds is 6. The van der Waals surface area contributed by atoms with Crippen molar-refractivity contribution < 1.29 is 24.6 Å². The maximum Gasteiger partial charge on any atom is 0.322 e. The van der Waals surface area contributed by atoms with E-state index in [0.29, 0.717) is 5.82 Å². The lowest BCUT2D eigenvalue weighted by atomic mass is 10.0. The van der Waals surface area contributed by atoms with Crippen molar-refractivity contribution in [3.8, 4) is 11.1 Å². The Hall–Kier alpha value is -3.88. The summed E-state index contributed by atoms with van der Waals surface area (Å²) in [5.41, 5.74) is 7.87. The number of carboxylic acid groups (broad SMARTS) is 1. The van der Waals surface area contributed by atoms with Crippen LogP contribution in [-0.2, 0) is 20.9 Å². The van der Waals surface area contributed by atoms with Crippen LogP contribution in [0.25, 0.3) is 11.1 Å². The van der Waals surface area contributed by atoms with Gasteiger partial charge in [0.25, 0.3) is 11.8 Å². The Balaban J connectivity index is 1.70. The van der Waals surface area contributed by atoms with Crippen LogP contribution >= 0.6 is 0 Å². The number of aliphatic hydroxyl groups is 1. The number of carbonyl (C=O) groups is 3. The van der Waals surface area contributed by atoms with Crippen molar-refractivity contribution in [2.45, 2.75) is 13.0 Å². The van der Waals surface area contributed by atoms with Crippen LogP contribution in [0.15, 0.2) is 53.9 Å². The highest BCUT2D eigenvalue weighted by atomic mass is 16.4. The SMILES string of the molecule is Nc1ccc(-c2ccc(CN3CCC(O)=C(C(=O)NCC(=O)O)C3=O)cc2)cn1. The Morgan fingerprint density at radius 1 is 1.14 bits per heavy atom. The van der Waals surface area contributed by atoms with Crippen molar-refractivity contribution in [2.75, 3.05) is 18.8 Å². The van der Waals surface area contributed by atoms with Gasteiger partial charge in [0, 0.05) is 31.3 Å². The first-order valence-corrected chi connectivity index (χ1v) is 8.87. The molecule has 9 nitrogen and oxygen atoms in total. The van der Waals surface area contributed by atoms with E-state index >= 15 is 0 Å². The number of carboxylic acids is 1. The van der Waals surface area contributed by atoms with E-state index in [1.807, 2.05) is 30.3 Å². The molecule has 0 radical (unpaired) electrons. The third-order valence-corrected chi connectivity index (χ3v) is 4.48.